The van der Waals surface area contributed by atoms with E-state index >= 15 is 0 Å². The van der Waals surface area contributed by atoms with E-state index in [0.717, 1.165) is 10.1 Å². The van der Waals surface area contributed by atoms with Crippen molar-refractivity contribution in [3.63, 3.8) is 0 Å². The minimum Gasteiger partial charge on any atom is -0.190 e. The van der Waals surface area contributed by atoms with Crippen molar-refractivity contribution in [3.05, 3.63) is 30.5 Å². The number of rotatable bonds is 0. The van der Waals surface area contributed by atoms with Crippen molar-refractivity contribution in [1.29, 1.82) is 0 Å². The highest BCUT2D eigenvalue weighted by molar-refractivity contribution is 7.13. The van der Waals surface area contributed by atoms with Gasteiger partial charge in [0.25, 0.3) is 0 Å². The maximum absolute atomic E-state index is 3.89. The molecule has 0 fully saturated rings. The molecule has 0 aliphatic rings. The van der Waals surface area contributed by atoms with Gasteiger partial charge in [0.1, 0.15) is 6.20 Å². The molecule has 9 heavy (non-hydrogen) atoms. The van der Waals surface area contributed by atoms with Crippen LogP contribution in [0, 0.1) is 12.3 Å². The molecule has 2 rings (SSSR count). The highest BCUT2D eigenvalue weighted by atomic mass is 32.1. The summed E-state index contributed by atoms with van der Waals surface area (Å²) in [7, 11) is 0. The second-order valence-corrected chi connectivity index (χ2v) is 2.48. The van der Waals surface area contributed by atoms with Gasteiger partial charge in [0.05, 0.1) is 4.70 Å². The van der Waals surface area contributed by atoms with Crippen LogP contribution in [0.4, 0.5) is 0 Å². The van der Waals surface area contributed by atoms with Crippen molar-refractivity contribution in [3.8, 4) is 0 Å². The first-order chi connectivity index (χ1) is 4.47. The monoisotopic (exact) mass is 133 g/mol. The van der Waals surface area contributed by atoms with Crippen LogP contribution in [-0.2, 0) is 0 Å². The van der Waals surface area contributed by atoms with Crippen LogP contribution in [-0.4, -0.2) is 4.37 Å². The number of aromatic nitrogens is 1. The van der Waals surface area contributed by atoms with Gasteiger partial charge in [-0.1, -0.05) is 18.2 Å². The summed E-state index contributed by atoms with van der Waals surface area (Å²) < 4.78 is 4.97. The van der Waals surface area contributed by atoms with Crippen LogP contribution in [0.3, 0.4) is 0 Å². The summed E-state index contributed by atoms with van der Waals surface area (Å²) in [5.74, 6) is 0. The van der Waals surface area contributed by atoms with Crippen LogP contribution >= 0.6 is 11.5 Å². The van der Waals surface area contributed by atoms with Gasteiger partial charge in [0, 0.05) is 11.5 Å². The molecule has 0 saturated heterocycles. The number of benzene rings is 1. The van der Waals surface area contributed by atoms with E-state index in [-0.39, 0.29) is 0 Å². The number of nitrogens with zero attached hydrogens (tertiary/aromatic N) is 1. The van der Waals surface area contributed by atoms with Crippen molar-refractivity contribution in [2.45, 2.75) is 0 Å². The molecule has 1 aromatic carbocycles. The molecule has 42 valence electrons. The Hall–Kier alpha value is -0.890. The lowest BCUT2D eigenvalue weighted by Crippen LogP contribution is -1.58. The normalized spacial score (nSPS) is 10.2. The zero-order valence-electron chi connectivity index (χ0n) is 4.59. The summed E-state index contributed by atoms with van der Waals surface area (Å²) in [5.41, 5.74) is 0. The Morgan fingerprint density at radius 1 is 1.56 bits per heavy atom. The van der Waals surface area contributed by atoms with Gasteiger partial charge in [-0.3, -0.25) is 0 Å². The molecule has 2 radical (unpaired) electrons. The van der Waals surface area contributed by atoms with E-state index in [2.05, 4.69) is 16.6 Å². The van der Waals surface area contributed by atoms with Gasteiger partial charge < -0.3 is 0 Å². The third kappa shape index (κ3) is 0.715. The topological polar surface area (TPSA) is 12.9 Å². The average molecular weight is 133 g/mol. The lowest BCUT2D eigenvalue weighted by molar-refractivity contribution is 1.58. The zero-order chi connectivity index (χ0) is 6.10. The molecule has 1 aromatic heterocycles. The third-order valence-corrected chi connectivity index (χ3v) is 1.82. The lowest BCUT2D eigenvalue weighted by Gasteiger charge is -1.79. The van der Waals surface area contributed by atoms with Crippen LogP contribution in [0.5, 0.6) is 0 Å². The minimum atomic E-state index is 1.06. The Balaban J connectivity index is 2.95. The second-order valence-electron chi connectivity index (χ2n) is 1.71. The molecule has 0 spiro atoms. The first-order valence-electron chi connectivity index (χ1n) is 2.60. The van der Waals surface area contributed by atoms with Crippen LogP contribution in [0.25, 0.3) is 10.1 Å². The summed E-state index contributed by atoms with van der Waals surface area (Å²) >= 11 is 1.43. The number of hydrogen-bond donors (Lipinski definition) is 0. The Morgan fingerprint density at radius 2 is 2.56 bits per heavy atom. The largest absolute Gasteiger partial charge is 0.190 e. The number of hydrogen-bond acceptors (Lipinski definition) is 2. The van der Waals surface area contributed by atoms with E-state index in [1.165, 1.54) is 11.5 Å². The molecule has 0 aliphatic carbocycles. The molecule has 1 nitrogen and oxygen atoms in total. The van der Waals surface area contributed by atoms with E-state index in [1.54, 1.807) is 0 Å². The van der Waals surface area contributed by atoms with Crippen molar-refractivity contribution < 1.29 is 0 Å². The van der Waals surface area contributed by atoms with Crippen molar-refractivity contribution in [1.82, 2.24) is 4.37 Å². The predicted molar refractivity (Wildman–Crippen MR) is 37.3 cm³/mol. The van der Waals surface area contributed by atoms with E-state index in [0.29, 0.717) is 0 Å². The average Bonchev–Trinajstić information content (AvgIpc) is 2.33. The molecule has 0 atom stereocenters. The fourth-order valence-electron chi connectivity index (χ4n) is 0.703. The van der Waals surface area contributed by atoms with Gasteiger partial charge in [0.15, 0.2) is 0 Å². The van der Waals surface area contributed by atoms with E-state index in [9.17, 15) is 0 Å². The first-order valence-corrected chi connectivity index (χ1v) is 3.38. The van der Waals surface area contributed by atoms with Crippen LogP contribution in [0.15, 0.2) is 18.2 Å². The van der Waals surface area contributed by atoms with Crippen molar-refractivity contribution in [2.24, 2.45) is 0 Å². The highest BCUT2D eigenvalue weighted by Gasteiger charge is 1.91. The summed E-state index contributed by atoms with van der Waals surface area (Å²) in [6.07, 6.45) is 2.86. The van der Waals surface area contributed by atoms with E-state index in [4.69, 9.17) is 0 Å². The van der Waals surface area contributed by atoms with Gasteiger partial charge in [-0.25, -0.2) is 0 Å². The molecule has 0 amide bonds. The molecule has 0 saturated carbocycles. The molecule has 0 bridgehead atoms. The van der Waals surface area contributed by atoms with Crippen LogP contribution in [0.2, 0.25) is 0 Å². The van der Waals surface area contributed by atoms with Crippen molar-refractivity contribution in [2.75, 3.05) is 0 Å². The lowest BCUT2D eigenvalue weighted by atomic mass is 10.3. The van der Waals surface area contributed by atoms with E-state index < -0.39 is 0 Å². The molecule has 2 aromatic rings. The standard InChI is InChI=1S/C7H3NS/c1-2-4-7-6(3-1)5-8-9-7/h1-3H. The number of fused-ring (bicyclic) bond motifs is 1. The minimum absolute atomic E-state index is 1.06. The quantitative estimate of drug-likeness (QED) is 0.534. The first kappa shape index (κ1) is 4.94. The van der Waals surface area contributed by atoms with E-state index in [1.807, 2.05) is 18.2 Å². The summed E-state index contributed by atoms with van der Waals surface area (Å²) in [6, 6.07) is 8.86. The second kappa shape index (κ2) is 1.81. The fourth-order valence-corrected chi connectivity index (χ4v) is 1.27. The predicted octanol–water partition coefficient (Wildman–Crippen LogP) is 1.90. The maximum atomic E-state index is 3.89. The molecule has 0 aliphatic heterocycles. The van der Waals surface area contributed by atoms with Gasteiger partial charge in [0.2, 0.25) is 0 Å². The van der Waals surface area contributed by atoms with Crippen LogP contribution < -0.4 is 0 Å². The molecule has 0 N–H and O–H groups in total. The van der Waals surface area contributed by atoms with Gasteiger partial charge in [-0.15, -0.1) is 0 Å². The van der Waals surface area contributed by atoms with Gasteiger partial charge in [-0.2, -0.15) is 4.37 Å². The maximum Gasteiger partial charge on any atom is 0.112 e. The smallest absolute Gasteiger partial charge is 0.112 e. The van der Waals surface area contributed by atoms with Crippen LogP contribution in [0.1, 0.15) is 0 Å². The Kier molecular flexibility index (Phi) is 0.993. The molecule has 2 heteroatoms. The zero-order valence-corrected chi connectivity index (χ0v) is 5.40. The Morgan fingerprint density at radius 3 is 3.44 bits per heavy atom. The fraction of sp³-hybridized carbons (Fsp3) is 0. The van der Waals surface area contributed by atoms with Crippen molar-refractivity contribution >= 4 is 21.6 Å². The third-order valence-electron chi connectivity index (χ3n) is 1.12. The SMILES string of the molecule is [c]1nsc2[c]cccc12. The Bertz CT molecular complexity index is 283. The van der Waals surface area contributed by atoms with Gasteiger partial charge in [-0.05, 0) is 11.5 Å². The Labute approximate surface area is 57.1 Å². The summed E-state index contributed by atoms with van der Waals surface area (Å²) in [6.45, 7) is 0. The summed E-state index contributed by atoms with van der Waals surface area (Å²) in [5, 5.41) is 1.06. The highest BCUT2D eigenvalue weighted by Crippen LogP contribution is 2.14. The molecule has 0 unspecified atom stereocenters. The molecular formula is C7H3NS. The summed E-state index contributed by atoms with van der Waals surface area (Å²) in [4.78, 5) is 0. The molecular weight excluding hydrogens is 130 g/mol. The van der Waals surface area contributed by atoms with Gasteiger partial charge >= 0.3 is 0 Å². The molecule has 1 heterocycles.